The molecule has 0 N–H and O–H groups in total. The topological polar surface area (TPSA) is 52.1 Å². The smallest absolute Gasteiger partial charge is 0.305 e. The normalized spacial score (nSPS) is 10.2. The summed E-state index contributed by atoms with van der Waals surface area (Å²) in [5.41, 5.74) is 1.04. The average Bonchev–Trinajstić information content (AvgIpc) is 2.35. The van der Waals surface area contributed by atoms with Gasteiger partial charge in [-0.2, -0.15) is 0 Å². The van der Waals surface area contributed by atoms with Crippen LogP contribution in [0.3, 0.4) is 0 Å². The first kappa shape index (κ1) is 14.0. The lowest BCUT2D eigenvalue weighted by Gasteiger charge is -2.02. The second-order valence-corrected chi connectivity index (χ2v) is 4.32. The molecular formula is C12H18N2O2S. The van der Waals surface area contributed by atoms with Gasteiger partial charge in [-0.15, -0.1) is 0 Å². The molecule has 0 aliphatic rings. The Kier molecular flexibility index (Phi) is 6.62. The largest absolute Gasteiger partial charge is 0.466 e. The summed E-state index contributed by atoms with van der Waals surface area (Å²) in [7, 11) is 0. The van der Waals surface area contributed by atoms with Crippen molar-refractivity contribution < 1.29 is 9.53 Å². The van der Waals surface area contributed by atoms with Crippen molar-refractivity contribution in [1.82, 2.24) is 9.97 Å². The predicted octanol–water partition coefficient (Wildman–Crippen LogP) is 2.47. The Hall–Kier alpha value is -1.10. The number of rotatable bonds is 7. The van der Waals surface area contributed by atoms with Gasteiger partial charge in [0, 0.05) is 18.3 Å². The number of carbonyl (C=O) groups excluding carboxylic acids is 1. The van der Waals surface area contributed by atoms with Crippen molar-refractivity contribution in [3.05, 3.63) is 18.0 Å². The molecule has 5 heteroatoms. The SMILES string of the molecule is CCOC(=O)CCCCc1ccnc(SC)n1. The Labute approximate surface area is 106 Å². The van der Waals surface area contributed by atoms with Crippen LogP contribution in [-0.2, 0) is 16.0 Å². The van der Waals surface area contributed by atoms with Gasteiger partial charge in [-0.05, 0) is 38.5 Å². The standard InChI is InChI=1S/C12H18N2O2S/c1-3-16-11(15)7-5-4-6-10-8-9-13-12(14-10)17-2/h8-9H,3-7H2,1-2H3. The quantitative estimate of drug-likeness (QED) is 0.324. The van der Waals surface area contributed by atoms with Crippen LogP contribution < -0.4 is 0 Å². The summed E-state index contributed by atoms with van der Waals surface area (Å²) in [4.78, 5) is 19.6. The second-order valence-electron chi connectivity index (χ2n) is 3.55. The highest BCUT2D eigenvalue weighted by Gasteiger charge is 2.02. The van der Waals surface area contributed by atoms with E-state index in [1.807, 2.05) is 19.2 Å². The van der Waals surface area contributed by atoms with E-state index in [0.29, 0.717) is 13.0 Å². The van der Waals surface area contributed by atoms with Crippen LogP contribution in [0.25, 0.3) is 0 Å². The second kappa shape index (κ2) is 8.06. The molecule has 0 saturated heterocycles. The summed E-state index contributed by atoms with van der Waals surface area (Å²) >= 11 is 1.54. The molecule has 94 valence electrons. The lowest BCUT2D eigenvalue weighted by Crippen LogP contribution is -2.03. The Morgan fingerprint density at radius 2 is 2.29 bits per heavy atom. The molecule has 1 rings (SSSR count). The van der Waals surface area contributed by atoms with Crippen LogP contribution in [0.2, 0.25) is 0 Å². The van der Waals surface area contributed by atoms with Gasteiger partial charge in [0.2, 0.25) is 0 Å². The maximum absolute atomic E-state index is 11.1. The zero-order chi connectivity index (χ0) is 12.5. The van der Waals surface area contributed by atoms with E-state index in [0.717, 1.165) is 30.1 Å². The fourth-order valence-corrected chi connectivity index (χ4v) is 1.80. The zero-order valence-electron chi connectivity index (χ0n) is 10.3. The molecule has 0 saturated carbocycles. The van der Waals surface area contributed by atoms with Crippen LogP contribution in [0, 0.1) is 0 Å². The first-order valence-electron chi connectivity index (χ1n) is 5.77. The number of nitrogens with zero attached hydrogens (tertiary/aromatic N) is 2. The van der Waals surface area contributed by atoms with Crippen molar-refractivity contribution in [3.63, 3.8) is 0 Å². The van der Waals surface area contributed by atoms with Crippen molar-refractivity contribution in [1.29, 1.82) is 0 Å². The molecule has 0 spiro atoms. The highest BCUT2D eigenvalue weighted by atomic mass is 32.2. The van der Waals surface area contributed by atoms with Gasteiger partial charge < -0.3 is 4.74 Å². The summed E-state index contributed by atoms with van der Waals surface area (Å²) in [6, 6.07) is 1.92. The minimum absolute atomic E-state index is 0.111. The van der Waals surface area contributed by atoms with E-state index in [2.05, 4.69) is 9.97 Å². The molecule has 0 radical (unpaired) electrons. The van der Waals surface area contributed by atoms with E-state index in [9.17, 15) is 4.79 Å². The van der Waals surface area contributed by atoms with Crippen LogP contribution >= 0.6 is 11.8 Å². The van der Waals surface area contributed by atoms with Gasteiger partial charge in [-0.25, -0.2) is 9.97 Å². The van der Waals surface area contributed by atoms with Crippen molar-refractivity contribution >= 4 is 17.7 Å². The Morgan fingerprint density at radius 1 is 1.47 bits per heavy atom. The Balaban J connectivity index is 2.24. The number of thioether (sulfide) groups is 1. The molecule has 0 aliphatic heterocycles. The molecule has 4 nitrogen and oxygen atoms in total. The maximum Gasteiger partial charge on any atom is 0.305 e. The van der Waals surface area contributed by atoms with Crippen LogP contribution in [0.1, 0.15) is 31.9 Å². The first-order chi connectivity index (χ1) is 8.26. The van der Waals surface area contributed by atoms with E-state index in [4.69, 9.17) is 4.74 Å². The molecule has 0 fully saturated rings. The maximum atomic E-state index is 11.1. The van der Waals surface area contributed by atoms with Gasteiger partial charge in [-0.1, -0.05) is 11.8 Å². The van der Waals surface area contributed by atoms with Gasteiger partial charge in [0.05, 0.1) is 6.61 Å². The molecule has 0 amide bonds. The third kappa shape index (κ3) is 5.68. The number of hydrogen-bond donors (Lipinski definition) is 0. The summed E-state index contributed by atoms with van der Waals surface area (Å²) in [6.07, 6.45) is 6.91. The number of hydrogen-bond acceptors (Lipinski definition) is 5. The van der Waals surface area contributed by atoms with Crippen LogP contribution in [0.4, 0.5) is 0 Å². The number of carbonyl (C=O) groups is 1. The summed E-state index contributed by atoms with van der Waals surface area (Å²) in [5.74, 6) is -0.111. The summed E-state index contributed by atoms with van der Waals surface area (Å²) < 4.78 is 4.86. The number of unbranched alkanes of at least 4 members (excludes halogenated alkanes) is 1. The van der Waals surface area contributed by atoms with Crippen molar-refractivity contribution in [2.45, 2.75) is 37.8 Å². The van der Waals surface area contributed by atoms with Crippen molar-refractivity contribution in [3.8, 4) is 0 Å². The minimum atomic E-state index is -0.111. The number of ether oxygens (including phenoxy) is 1. The van der Waals surface area contributed by atoms with Crippen molar-refractivity contribution in [2.24, 2.45) is 0 Å². The molecule has 1 aromatic heterocycles. The van der Waals surface area contributed by atoms with Gasteiger partial charge in [-0.3, -0.25) is 4.79 Å². The minimum Gasteiger partial charge on any atom is -0.466 e. The fraction of sp³-hybridized carbons (Fsp3) is 0.583. The summed E-state index contributed by atoms with van der Waals surface area (Å²) in [6.45, 7) is 2.28. The Bertz CT molecular complexity index is 358. The molecule has 0 aliphatic carbocycles. The van der Waals surface area contributed by atoms with Crippen molar-refractivity contribution in [2.75, 3.05) is 12.9 Å². The Morgan fingerprint density at radius 3 is 3.00 bits per heavy atom. The van der Waals surface area contributed by atoms with Crippen LogP contribution in [-0.4, -0.2) is 28.8 Å². The number of esters is 1. The average molecular weight is 254 g/mol. The van der Waals surface area contributed by atoms with Gasteiger partial charge >= 0.3 is 5.97 Å². The van der Waals surface area contributed by atoms with Gasteiger partial charge in [0.1, 0.15) is 0 Å². The number of aryl methyl sites for hydroxylation is 1. The molecule has 1 heterocycles. The van der Waals surface area contributed by atoms with E-state index in [1.165, 1.54) is 11.8 Å². The van der Waals surface area contributed by atoms with Crippen LogP contribution in [0.15, 0.2) is 17.4 Å². The lowest BCUT2D eigenvalue weighted by atomic mass is 10.1. The van der Waals surface area contributed by atoms with E-state index in [1.54, 1.807) is 6.20 Å². The number of aromatic nitrogens is 2. The third-order valence-corrected chi connectivity index (χ3v) is 2.80. The highest BCUT2D eigenvalue weighted by molar-refractivity contribution is 7.98. The molecule has 17 heavy (non-hydrogen) atoms. The lowest BCUT2D eigenvalue weighted by molar-refractivity contribution is -0.143. The third-order valence-electron chi connectivity index (χ3n) is 2.24. The van der Waals surface area contributed by atoms with E-state index < -0.39 is 0 Å². The molecule has 1 aromatic rings. The molecule has 0 unspecified atom stereocenters. The van der Waals surface area contributed by atoms with Gasteiger partial charge in [0.15, 0.2) is 5.16 Å². The summed E-state index contributed by atoms with van der Waals surface area (Å²) in [5, 5.41) is 0.799. The fourth-order valence-electron chi connectivity index (χ4n) is 1.42. The monoisotopic (exact) mass is 254 g/mol. The first-order valence-corrected chi connectivity index (χ1v) is 7.00. The van der Waals surface area contributed by atoms with E-state index in [-0.39, 0.29) is 5.97 Å². The zero-order valence-corrected chi connectivity index (χ0v) is 11.1. The molecular weight excluding hydrogens is 236 g/mol. The molecule has 0 atom stereocenters. The van der Waals surface area contributed by atoms with Gasteiger partial charge in [0.25, 0.3) is 0 Å². The molecule has 0 aromatic carbocycles. The highest BCUT2D eigenvalue weighted by Crippen LogP contribution is 2.10. The predicted molar refractivity (Wildman–Crippen MR) is 68.0 cm³/mol. The van der Waals surface area contributed by atoms with Crippen LogP contribution in [0.5, 0.6) is 0 Å². The molecule has 0 bridgehead atoms. The van der Waals surface area contributed by atoms with E-state index >= 15 is 0 Å².